The van der Waals surface area contributed by atoms with Gasteiger partial charge in [-0.25, -0.2) is 14.4 Å². The highest BCUT2D eigenvalue weighted by Crippen LogP contribution is 2.39. The Hall–Kier alpha value is -2.97. The zero-order valence-electron chi connectivity index (χ0n) is 20.3. The lowest BCUT2D eigenvalue weighted by Gasteiger charge is -2.31. The summed E-state index contributed by atoms with van der Waals surface area (Å²) in [4.78, 5) is 14.2. The van der Waals surface area contributed by atoms with Crippen molar-refractivity contribution >= 4 is 16.6 Å². The maximum atomic E-state index is 14.8. The van der Waals surface area contributed by atoms with Gasteiger partial charge in [0.1, 0.15) is 6.61 Å². The van der Waals surface area contributed by atoms with Gasteiger partial charge >= 0.3 is 0 Å². The number of halogens is 1. The molecule has 1 N–H and O–H groups in total. The molecule has 3 fully saturated rings. The maximum Gasteiger partial charge on any atom is 0.213 e. The minimum Gasteiger partial charge on any atom is -0.494 e. The van der Waals surface area contributed by atoms with Crippen molar-refractivity contribution < 1.29 is 13.9 Å². The van der Waals surface area contributed by atoms with E-state index in [9.17, 15) is 4.39 Å². The molecular weight excluding hydrogens is 445 g/mol. The number of ether oxygens (including phenoxy) is 2. The Morgan fingerprint density at radius 3 is 2.71 bits per heavy atom. The topological polar surface area (TPSA) is 62.8 Å². The smallest absolute Gasteiger partial charge is 0.213 e. The van der Waals surface area contributed by atoms with E-state index in [0.29, 0.717) is 30.4 Å². The molecule has 0 bridgehead atoms. The summed E-state index contributed by atoms with van der Waals surface area (Å²) in [6.45, 7) is 5.90. The van der Waals surface area contributed by atoms with Crippen LogP contribution in [0.3, 0.4) is 0 Å². The average molecular weight is 478 g/mol. The standard InChI is InChI=1S/C27H32FN5O2/c1-32-8-6-18-14-33(15-19(18)13-32)25-10-23(31-24-11-26(34-2)22(28)9-21(24)25)17-3-4-27(30-12-17)35-16-20-5-7-29-20/h3-4,9-12,18-20,29H,5-8,13-16H2,1-2H3. The fourth-order valence-electron chi connectivity index (χ4n) is 5.62. The molecule has 3 atom stereocenters. The summed E-state index contributed by atoms with van der Waals surface area (Å²) in [6, 6.07) is 9.66. The van der Waals surface area contributed by atoms with Crippen LogP contribution in [0, 0.1) is 17.7 Å². The minimum atomic E-state index is -0.365. The summed E-state index contributed by atoms with van der Waals surface area (Å²) in [5, 5.41) is 4.15. The molecule has 0 aliphatic carbocycles. The number of pyridine rings is 2. The number of benzene rings is 1. The number of likely N-dealkylation sites (tertiary alicyclic amines) is 1. The second kappa shape index (κ2) is 9.24. The van der Waals surface area contributed by atoms with E-state index in [1.807, 2.05) is 12.1 Å². The second-order valence-electron chi connectivity index (χ2n) is 10.1. The Bertz CT molecular complexity index is 1220. The molecule has 7 nitrogen and oxygen atoms in total. The van der Waals surface area contributed by atoms with Gasteiger partial charge in [-0.15, -0.1) is 0 Å². The number of hydrogen-bond donors (Lipinski definition) is 1. The first-order chi connectivity index (χ1) is 17.1. The van der Waals surface area contributed by atoms with Crippen molar-refractivity contribution in [1.82, 2.24) is 20.2 Å². The van der Waals surface area contributed by atoms with Crippen LogP contribution in [0.1, 0.15) is 12.8 Å². The van der Waals surface area contributed by atoms with E-state index in [1.54, 1.807) is 18.3 Å². The van der Waals surface area contributed by atoms with E-state index < -0.39 is 0 Å². The van der Waals surface area contributed by atoms with Gasteiger partial charge < -0.3 is 24.6 Å². The monoisotopic (exact) mass is 477 g/mol. The molecule has 3 aromatic rings. The van der Waals surface area contributed by atoms with Crippen LogP contribution >= 0.6 is 0 Å². The SMILES string of the molecule is COc1cc2nc(-c3ccc(OCC4CCN4)nc3)cc(N3CC4CCN(C)CC4C3)c2cc1F. The van der Waals surface area contributed by atoms with Gasteiger partial charge in [-0.1, -0.05) is 0 Å². The lowest BCUT2D eigenvalue weighted by atomic mass is 9.89. The summed E-state index contributed by atoms with van der Waals surface area (Å²) < 4.78 is 25.8. The molecule has 3 aliphatic rings. The number of hydrogen-bond acceptors (Lipinski definition) is 7. The van der Waals surface area contributed by atoms with Crippen molar-refractivity contribution in [3.63, 3.8) is 0 Å². The Kier molecular flexibility index (Phi) is 5.94. The molecule has 3 aliphatic heterocycles. The molecule has 35 heavy (non-hydrogen) atoms. The number of nitrogens with zero attached hydrogens (tertiary/aromatic N) is 4. The molecule has 3 saturated heterocycles. The highest BCUT2D eigenvalue weighted by molar-refractivity contribution is 5.95. The molecular formula is C27H32FN5O2. The van der Waals surface area contributed by atoms with Gasteiger partial charge in [-0.3, -0.25) is 0 Å². The van der Waals surface area contributed by atoms with Gasteiger partial charge in [0.15, 0.2) is 11.6 Å². The first kappa shape index (κ1) is 22.5. The van der Waals surface area contributed by atoms with Crippen molar-refractivity contribution in [2.24, 2.45) is 11.8 Å². The molecule has 0 spiro atoms. The lowest BCUT2D eigenvalue weighted by Crippen LogP contribution is -2.46. The van der Waals surface area contributed by atoms with E-state index in [0.717, 1.165) is 67.0 Å². The van der Waals surface area contributed by atoms with Gasteiger partial charge in [0, 0.05) is 60.6 Å². The van der Waals surface area contributed by atoms with E-state index in [2.05, 4.69) is 33.2 Å². The predicted octanol–water partition coefficient (Wildman–Crippen LogP) is 3.57. The highest BCUT2D eigenvalue weighted by atomic mass is 19.1. The number of methoxy groups -OCH3 is 1. The predicted molar refractivity (Wildman–Crippen MR) is 135 cm³/mol. The van der Waals surface area contributed by atoms with Crippen molar-refractivity contribution in [3.05, 3.63) is 42.3 Å². The number of fused-ring (bicyclic) bond motifs is 2. The Balaban J connectivity index is 1.35. The molecule has 3 unspecified atom stereocenters. The molecule has 2 aromatic heterocycles. The van der Waals surface area contributed by atoms with E-state index in [1.165, 1.54) is 13.5 Å². The highest BCUT2D eigenvalue weighted by Gasteiger charge is 2.37. The number of anilines is 1. The number of aromatic nitrogens is 2. The summed E-state index contributed by atoms with van der Waals surface area (Å²) in [5.74, 6) is 1.75. The van der Waals surface area contributed by atoms with Crippen LogP contribution < -0.4 is 19.7 Å². The molecule has 5 heterocycles. The first-order valence-corrected chi connectivity index (χ1v) is 12.5. The summed E-state index contributed by atoms with van der Waals surface area (Å²) in [6.07, 6.45) is 4.15. The fourth-order valence-corrected chi connectivity index (χ4v) is 5.62. The van der Waals surface area contributed by atoms with Crippen LogP contribution in [-0.4, -0.2) is 74.4 Å². The quantitative estimate of drug-likeness (QED) is 0.582. The van der Waals surface area contributed by atoms with Crippen LogP contribution in [0.2, 0.25) is 0 Å². The zero-order chi connectivity index (χ0) is 23.9. The van der Waals surface area contributed by atoms with E-state index >= 15 is 0 Å². The van der Waals surface area contributed by atoms with Crippen LogP contribution in [-0.2, 0) is 0 Å². The molecule has 8 heteroatoms. The zero-order valence-corrected chi connectivity index (χ0v) is 20.3. The van der Waals surface area contributed by atoms with Gasteiger partial charge in [0.25, 0.3) is 0 Å². The summed E-state index contributed by atoms with van der Waals surface area (Å²) in [5.41, 5.74) is 3.47. The third-order valence-electron chi connectivity index (χ3n) is 7.80. The molecule has 0 amide bonds. The van der Waals surface area contributed by atoms with Crippen LogP contribution in [0.25, 0.3) is 22.2 Å². The van der Waals surface area contributed by atoms with Crippen LogP contribution in [0.5, 0.6) is 11.6 Å². The Morgan fingerprint density at radius 2 is 1.97 bits per heavy atom. The fraction of sp³-hybridized carbons (Fsp3) is 0.481. The van der Waals surface area contributed by atoms with Crippen molar-refractivity contribution in [2.75, 3.05) is 58.4 Å². The minimum absolute atomic E-state index is 0.205. The van der Waals surface area contributed by atoms with Crippen molar-refractivity contribution in [2.45, 2.75) is 18.9 Å². The lowest BCUT2D eigenvalue weighted by molar-refractivity contribution is 0.178. The number of piperidine rings is 1. The maximum absolute atomic E-state index is 14.8. The van der Waals surface area contributed by atoms with Crippen LogP contribution in [0.15, 0.2) is 36.5 Å². The van der Waals surface area contributed by atoms with Crippen molar-refractivity contribution in [3.8, 4) is 22.9 Å². The van der Waals surface area contributed by atoms with E-state index in [4.69, 9.17) is 14.5 Å². The van der Waals surface area contributed by atoms with E-state index in [-0.39, 0.29) is 11.6 Å². The molecule has 184 valence electrons. The largest absolute Gasteiger partial charge is 0.494 e. The van der Waals surface area contributed by atoms with Gasteiger partial charge in [-0.2, -0.15) is 0 Å². The van der Waals surface area contributed by atoms with Crippen molar-refractivity contribution in [1.29, 1.82) is 0 Å². The third kappa shape index (κ3) is 4.41. The average Bonchev–Trinajstić information content (AvgIpc) is 3.25. The third-order valence-corrected chi connectivity index (χ3v) is 7.80. The number of nitrogens with one attached hydrogen (secondary N) is 1. The van der Waals surface area contributed by atoms with Gasteiger partial charge in [0.05, 0.1) is 18.3 Å². The van der Waals surface area contributed by atoms with Gasteiger partial charge in [0.2, 0.25) is 5.88 Å². The Labute approximate surface area is 205 Å². The normalized spacial score (nSPS) is 24.3. The van der Waals surface area contributed by atoms with Crippen LogP contribution in [0.4, 0.5) is 10.1 Å². The first-order valence-electron chi connectivity index (χ1n) is 12.5. The Morgan fingerprint density at radius 1 is 1.11 bits per heavy atom. The molecule has 6 rings (SSSR count). The molecule has 1 aromatic carbocycles. The summed E-state index contributed by atoms with van der Waals surface area (Å²) >= 11 is 0. The number of rotatable bonds is 6. The summed E-state index contributed by atoms with van der Waals surface area (Å²) in [7, 11) is 3.68. The van der Waals surface area contributed by atoms with Gasteiger partial charge in [-0.05, 0) is 63.0 Å². The molecule has 0 radical (unpaired) electrons. The second-order valence-corrected chi connectivity index (χ2v) is 10.1. The molecule has 0 saturated carbocycles.